The van der Waals surface area contributed by atoms with Gasteiger partial charge in [0.1, 0.15) is 16.2 Å². The first-order valence-electron chi connectivity index (χ1n) is 3.86. The molecule has 66 valence electrons. The third-order valence-corrected chi connectivity index (χ3v) is 2.57. The highest BCUT2D eigenvalue weighted by Crippen LogP contribution is 2.19. The lowest BCUT2D eigenvalue weighted by atomic mass is 10.1. The van der Waals surface area contributed by atoms with Gasteiger partial charge in [-0.3, -0.25) is 4.79 Å². The van der Waals surface area contributed by atoms with E-state index in [1.165, 1.54) is 0 Å². The summed E-state index contributed by atoms with van der Waals surface area (Å²) >= 11 is 0. The highest BCUT2D eigenvalue weighted by atomic mass is 28.2. The summed E-state index contributed by atoms with van der Waals surface area (Å²) < 4.78 is 5.31. The zero-order valence-electron chi connectivity index (χ0n) is 7.82. The van der Waals surface area contributed by atoms with Gasteiger partial charge < -0.3 is 9.40 Å². The molecule has 0 bridgehead atoms. The van der Waals surface area contributed by atoms with E-state index in [0.717, 1.165) is 16.9 Å². The number of rotatable bonds is 1. The van der Waals surface area contributed by atoms with Crippen LogP contribution in [0.5, 0.6) is 0 Å². The van der Waals surface area contributed by atoms with Crippen LogP contribution in [-0.4, -0.2) is 16.3 Å². The molecule has 0 fully saturated rings. The van der Waals surface area contributed by atoms with Crippen molar-refractivity contribution in [2.75, 3.05) is 0 Å². The number of amides is 1. The van der Waals surface area contributed by atoms with E-state index >= 15 is 0 Å². The molecule has 0 aliphatic rings. The Morgan fingerprint density at radius 3 is 2.25 bits per heavy atom. The van der Waals surface area contributed by atoms with E-state index < -0.39 is 0 Å². The van der Waals surface area contributed by atoms with Gasteiger partial charge in [-0.25, -0.2) is 0 Å². The Morgan fingerprint density at radius 1 is 1.33 bits per heavy atom. The van der Waals surface area contributed by atoms with Crippen LogP contribution in [0.25, 0.3) is 0 Å². The van der Waals surface area contributed by atoms with E-state index in [1.54, 1.807) is 0 Å². The molecule has 1 heterocycles. The maximum Gasteiger partial charge on any atom is 0.278 e. The maximum atomic E-state index is 11.2. The number of aryl methyl sites for hydroxylation is 1. The van der Waals surface area contributed by atoms with Gasteiger partial charge in [-0.2, -0.15) is 0 Å². The van der Waals surface area contributed by atoms with Crippen LogP contribution in [0.3, 0.4) is 0 Å². The molecule has 1 rings (SSSR count). The van der Waals surface area contributed by atoms with Crippen LogP contribution >= 0.6 is 0 Å². The molecule has 0 radical (unpaired) electrons. The second kappa shape index (κ2) is 3.14. The topological polar surface area (TPSA) is 42.2 Å². The van der Waals surface area contributed by atoms with Crippen LogP contribution in [0.2, 0.25) is 0 Å². The lowest BCUT2D eigenvalue weighted by Crippen LogP contribution is -2.19. The van der Waals surface area contributed by atoms with Crippen LogP contribution < -0.4 is 4.98 Å². The normalized spacial score (nSPS) is 10.2. The number of nitrogens with one attached hydrogen (secondary N) is 1. The van der Waals surface area contributed by atoms with Crippen molar-refractivity contribution in [1.29, 1.82) is 0 Å². The van der Waals surface area contributed by atoms with E-state index in [-0.39, 0.29) is 5.91 Å². The highest BCUT2D eigenvalue weighted by molar-refractivity contribution is 6.17. The van der Waals surface area contributed by atoms with Gasteiger partial charge >= 0.3 is 0 Å². The van der Waals surface area contributed by atoms with Crippen molar-refractivity contribution in [2.45, 2.75) is 20.8 Å². The summed E-state index contributed by atoms with van der Waals surface area (Å²) in [6.45, 7) is 5.72. The predicted octanol–water partition coefficient (Wildman–Crippen LogP) is 0.215. The summed E-state index contributed by atoms with van der Waals surface area (Å²) in [4.78, 5) is 13.9. The molecule has 0 aromatic carbocycles. The lowest BCUT2D eigenvalue weighted by molar-refractivity contribution is 0.0952. The van der Waals surface area contributed by atoms with Crippen LogP contribution in [0, 0.1) is 20.8 Å². The molecule has 0 spiro atoms. The van der Waals surface area contributed by atoms with Gasteiger partial charge in [-0.1, -0.05) is 0 Å². The first kappa shape index (κ1) is 9.06. The fourth-order valence-corrected chi connectivity index (χ4v) is 1.30. The van der Waals surface area contributed by atoms with Crippen molar-refractivity contribution in [3.05, 3.63) is 22.6 Å². The molecule has 0 saturated heterocycles. The Kier molecular flexibility index (Phi) is 2.37. The van der Waals surface area contributed by atoms with Crippen LogP contribution in [0.4, 0.5) is 0 Å². The molecule has 1 N–H and O–H groups in total. The minimum absolute atomic E-state index is 0.102. The molecular weight excluding hydrogens is 170 g/mol. The van der Waals surface area contributed by atoms with E-state index in [9.17, 15) is 4.79 Å². The Bertz CT molecular complexity index is 317. The fourth-order valence-electron chi connectivity index (χ4n) is 1.07. The molecule has 0 atom stereocenters. The van der Waals surface area contributed by atoms with Gasteiger partial charge in [0, 0.05) is 5.56 Å². The van der Waals surface area contributed by atoms with Crippen molar-refractivity contribution in [1.82, 2.24) is 4.98 Å². The number of furan rings is 1. The monoisotopic (exact) mass is 183 g/mol. The Labute approximate surface area is 74.6 Å². The van der Waals surface area contributed by atoms with Crippen molar-refractivity contribution in [3.63, 3.8) is 0 Å². The summed E-state index contributed by atoms with van der Waals surface area (Å²) in [6, 6.07) is 0. The summed E-state index contributed by atoms with van der Waals surface area (Å²) in [5, 5.41) is 0. The largest absolute Gasteiger partial charge is 0.456 e. The molecule has 0 unspecified atom stereocenters. The summed E-state index contributed by atoms with van der Waals surface area (Å²) in [6.07, 6.45) is 0. The summed E-state index contributed by atoms with van der Waals surface area (Å²) in [5.74, 6) is 1.18. The zero-order chi connectivity index (χ0) is 9.30. The van der Waals surface area contributed by atoms with Crippen molar-refractivity contribution in [2.24, 2.45) is 0 Å². The SMILES string of the molecule is Cc1oc(C(=O)N[SiH3])c(C)c1C. The number of carbonyl (C=O) groups excluding carboxylic acids is 1. The molecule has 0 aliphatic heterocycles. The van der Waals surface area contributed by atoms with Gasteiger partial charge in [0.2, 0.25) is 0 Å². The standard InChI is InChI=1S/C8H13NO2Si/c1-4-5(2)7(8(10)9-12)11-6(4)3/h1-3,12H3,(H,9,10). The van der Waals surface area contributed by atoms with E-state index in [1.807, 2.05) is 20.8 Å². The van der Waals surface area contributed by atoms with E-state index in [2.05, 4.69) is 4.98 Å². The summed E-state index contributed by atoms with van der Waals surface area (Å²) in [5.41, 5.74) is 2.01. The third-order valence-electron chi connectivity index (χ3n) is 2.12. The summed E-state index contributed by atoms with van der Waals surface area (Å²) in [7, 11) is 0.653. The van der Waals surface area contributed by atoms with E-state index in [4.69, 9.17) is 4.42 Å². The Balaban J connectivity index is 3.17. The predicted molar refractivity (Wildman–Crippen MR) is 50.3 cm³/mol. The van der Waals surface area contributed by atoms with Crippen molar-refractivity contribution < 1.29 is 9.21 Å². The molecule has 4 heteroatoms. The Hall–Kier alpha value is -1.03. The molecule has 1 aromatic heterocycles. The van der Waals surface area contributed by atoms with Crippen LogP contribution in [0.15, 0.2) is 4.42 Å². The quantitative estimate of drug-likeness (QED) is 0.633. The van der Waals surface area contributed by atoms with Gasteiger partial charge in [0.15, 0.2) is 5.76 Å². The molecule has 1 amide bonds. The highest BCUT2D eigenvalue weighted by Gasteiger charge is 2.15. The van der Waals surface area contributed by atoms with Gasteiger partial charge in [-0.05, 0) is 26.3 Å². The first-order chi connectivity index (χ1) is 5.57. The number of carbonyl (C=O) groups is 1. The average molecular weight is 183 g/mol. The minimum Gasteiger partial charge on any atom is -0.456 e. The van der Waals surface area contributed by atoms with Gasteiger partial charge in [0.05, 0.1) is 0 Å². The van der Waals surface area contributed by atoms with Gasteiger partial charge in [-0.15, -0.1) is 0 Å². The number of hydrogen-bond donors (Lipinski definition) is 1. The zero-order valence-corrected chi connectivity index (χ0v) is 9.82. The molecule has 12 heavy (non-hydrogen) atoms. The van der Waals surface area contributed by atoms with Crippen molar-refractivity contribution in [3.8, 4) is 0 Å². The third kappa shape index (κ3) is 1.29. The molecule has 1 aromatic rings. The smallest absolute Gasteiger partial charge is 0.278 e. The minimum atomic E-state index is -0.102. The first-order valence-corrected chi connectivity index (χ1v) is 4.86. The molecule has 0 saturated carbocycles. The molecule has 3 nitrogen and oxygen atoms in total. The number of hydrogen-bond acceptors (Lipinski definition) is 2. The maximum absolute atomic E-state index is 11.2. The van der Waals surface area contributed by atoms with E-state index in [0.29, 0.717) is 16.2 Å². The Morgan fingerprint density at radius 2 is 1.92 bits per heavy atom. The molecular formula is C8H13NO2Si. The van der Waals surface area contributed by atoms with Crippen molar-refractivity contribution >= 4 is 16.3 Å². The van der Waals surface area contributed by atoms with Crippen LogP contribution in [0.1, 0.15) is 27.4 Å². The lowest BCUT2D eigenvalue weighted by Gasteiger charge is -1.95. The molecule has 0 aliphatic carbocycles. The van der Waals surface area contributed by atoms with Crippen LogP contribution in [-0.2, 0) is 0 Å². The second-order valence-electron chi connectivity index (χ2n) is 2.82. The second-order valence-corrected chi connectivity index (χ2v) is 3.32. The van der Waals surface area contributed by atoms with Gasteiger partial charge in [0.25, 0.3) is 5.91 Å². The fraction of sp³-hybridized carbons (Fsp3) is 0.375. The average Bonchev–Trinajstić information content (AvgIpc) is 2.32.